The molecule has 4 rings (SSSR count). The lowest BCUT2D eigenvalue weighted by Crippen LogP contribution is -2.10. The Morgan fingerprint density at radius 1 is 1.00 bits per heavy atom. The highest BCUT2D eigenvalue weighted by molar-refractivity contribution is 5.77. The zero-order valence-corrected chi connectivity index (χ0v) is 11.1. The Bertz CT molecular complexity index is 790. The quantitative estimate of drug-likeness (QED) is 0.732. The number of aromatic nitrogens is 4. The van der Waals surface area contributed by atoms with Crippen LogP contribution < -0.4 is 5.73 Å². The number of nitrogens with zero attached hydrogens (tertiary/aromatic N) is 4. The molecule has 0 amide bonds. The molecule has 100 valence electrons. The summed E-state index contributed by atoms with van der Waals surface area (Å²) in [5, 5.41) is 0. The van der Waals surface area contributed by atoms with Gasteiger partial charge in [0, 0.05) is 5.69 Å². The lowest BCUT2D eigenvalue weighted by atomic mass is 10.0. The first-order valence-corrected chi connectivity index (χ1v) is 6.90. The second-order valence-electron chi connectivity index (χ2n) is 5.14. The van der Waals surface area contributed by atoms with Gasteiger partial charge in [-0.15, -0.1) is 0 Å². The third kappa shape index (κ3) is 1.66. The molecule has 0 radical (unpaired) electrons. The molecule has 0 fully saturated rings. The van der Waals surface area contributed by atoms with E-state index in [4.69, 9.17) is 5.73 Å². The van der Waals surface area contributed by atoms with E-state index in [-0.39, 0.29) is 0 Å². The Labute approximate surface area is 116 Å². The summed E-state index contributed by atoms with van der Waals surface area (Å²) in [5.74, 6) is 1.15. The first-order valence-electron chi connectivity index (χ1n) is 6.90. The molecule has 3 aromatic rings. The fourth-order valence-corrected chi connectivity index (χ4v) is 2.83. The number of anilines is 1. The van der Waals surface area contributed by atoms with Crippen LogP contribution in [0.5, 0.6) is 0 Å². The van der Waals surface area contributed by atoms with Gasteiger partial charge in [-0.1, -0.05) is 12.1 Å². The number of nitrogen functional groups attached to an aromatic ring is 1. The van der Waals surface area contributed by atoms with Crippen LogP contribution >= 0.6 is 0 Å². The minimum atomic E-state index is 0.453. The van der Waals surface area contributed by atoms with Crippen LogP contribution in [0.25, 0.3) is 16.9 Å². The zero-order chi connectivity index (χ0) is 13.5. The summed E-state index contributed by atoms with van der Waals surface area (Å²) in [6, 6.07) is 7.77. The fraction of sp³-hybridized carbons (Fsp3) is 0.267. The molecule has 1 aliphatic rings. The van der Waals surface area contributed by atoms with Gasteiger partial charge in [0.25, 0.3) is 0 Å². The van der Waals surface area contributed by atoms with Crippen molar-refractivity contribution in [3.05, 3.63) is 42.0 Å². The van der Waals surface area contributed by atoms with Crippen molar-refractivity contribution >= 4 is 16.9 Å². The van der Waals surface area contributed by atoms with E-state index in [1.54, 1.807) is 0 Å². The molecule has 0 spiro atoms. The highest BCUT2D eigenvalue weighted by atomic mass is 15.2. The molecule has 0 saturated carbocycles. The van der Waals surface area contributed by atoms with Gasteiger partial charge in [-0.2, -0.15) is 0 Å². The molecule has 1 aliphatic carbocycles. The van der Waals surface area contributed by atoms with E-state index in [1.165, 1.54) is 24.2 Å². The second kappa shape index (κ2) is 4.30. The van der Waals surface area contributed by atoms with Crippen molar-refractivity contribution in [3.8, 4) is 5.82 Å². The average molecular weight is 265 g/mol. The zero-order valence-electron chi connectivity index (χ0n) is 11.1. The number of para-hydroxylation sites is 2. The van der Waals surface area contributed by atoms with Crippen LogP contribution in [-0.4, -0.2) is 19.5 Å². The summed E-state index contributed by atoms with van der Waals surface area (Å²) >= 11 is 0. The highest BCUT2D eigenvalue weighted by Gasteiger charge is 2.18. The number of benzene rings is 1. The Balaban J connectivity index is 1.93. The number of aryl methyl sites for hydroxylation is 1. The van der Waals surface area contributed by atoms with E-state index in [1.807, 2.05) is 35.2 Å². The Kier molecular flexibility index (Phi) is 2.45. The highest BCUT2D eigenvalue weighted by Crippen LogP contribution is 2.25. The number of hydrogen-bond acceptors (Lipinski definition) is 4. The van der Waals surface area contributed by atoms with Gasteiger partial charge in [0.05, 0.1) is 16.7 Å². The van der Waals surface area contributed by atoms with Gasteiger partial charge in [0.15, 0.2) is 11.6 Å². The topological polar surface area (TPSA) is 69.6 Å². The molecular formula is C15H15N5. The smallest absolute Gasteiger partial charge is 0.181 e. The molecular weight excluding hydrogens is 250 g/mol. The number of rotatable bonds is 1. The van der Waals surface area contributed by atoms with Crippen LogP contribution in [0.1, 0.15) is 24.2 Å². The second-order valence-corrected chi connectivity index (χ2v) is 5.14. The minimum Gasteiger partial charge on any atom is -0.381 e. The number of nitrogens with two attached hydrogens (primary N) is 1. The van der Waals surface area contributed by atoms with Crippen molar-refractivity contribution in [2.75, 3.05) is 5.73 Å². The van der Waals surface area contributed by atoms with Gasteiger partial charge in [-0.25, -0.2) is 15.0 Å². The molecule has 1 aromatic carbocycles. The molecule has 0 atom stereocenters. The summed E-state index contributed by atoms with van der Waals surface area (Å²) in [6.07, 6.45) is 6.31. The van der Waals surface area contributed by atoms with E-state index >= 15 is 0 Å². The van der Waals surface area contributed by atoms with Crippen LogP contribution in [0.15, 0.2) is 30.6 Å². The monoisotopic (exact) mass is 265 g/mol. The molecule has 0 bridgehead atoms. The maximum Gasteiger partial charge on any atom is 0.181 e. The molecule has 5 heteroatoms. The van der Waals surface area contributed by atoms with Gasteiger partial charge < -0.3 is 5.73 Å². The van der Waals surface area contributed by atoms with Crippen LogP contribution in [0.2, 0.25) is 0 Å². The van der Waals surface area contributed by atoms with Crippen molar-refractivity contribution in [1.82, 2.24) is 19.5 Å². The first-order chi connectivity index (χ1) is 9.83. The fourth-order valence-electron chi connectivity index (χ4n) is 2.83. The van der Waals surface area contributed by atoms with Gasteiger partial charge in [-0.05, 0) is 37.8 Å². The van der Waals surface area contributed by atoms with Crippen molar-refractivity contribution < 1.29 is 0 Å². The number of fused-ring (bicyclic) bond motifs is 2. The van der Waals surface area contributed by atoms with Gasteiger partial charge in [-0.3, -0.25) is 4.57 Å². The summed E-state index contributed by atoms with van der Waals surface area (Å²) in [4.78, 5) is 13.6. The van der Waals surface area contributed by atoms with E-state index in [2.05, 4.69) is 15.0 Å². The van der Waals surface area contributed by atoms with E-state index in [0.29, 0.717) is 11.6 Å². The van der Waals surface area contributed by atoms with Crippen LogP contribution in [0, 0.1) is 0 Å². The summed E-state index contributed by atoms with van der Waals surface area (Å²) in [5.41, 5.74) is 10.2. The van der Waals surface area contributed by atoms with Crippen molar-refractivity contribution in [2.24, 2.45) is 0 Å². The van der Waals surface area contributed by atoms with Crippen LogP contribution in [-0.2, 0) is 12.8 Å². The Hall–Kier alpha value is -2.43. The normalized spacial score (nSPS) is 14.4. The summed E-state index contributed by atoms with van der Waals surface area (Å²) in [6.45, 7) is 0. The van der Waals surface area contributed by atoms with E-state index in [0.717, 1.165) is 23.9 Å². The Morgan fingerprint density at radius 3 is 2.60 bits per heavy atom. The minimum absolute atomic E-state index is 0.453. The molecule has 2 N–H and O–H groups in total. The number of hydrogen-bond donors (Lipinski definition) is 1. The molecule has 0 unspecified atom stereocenters. The predicted molar refractivity (Wildman–Crippen MR) is 77.7 cm³/mol. The Morgan fingerprint density at radius 2 is 1.75 bits per heavy atom. The molecule has 2 aromatic heterocycles. The van der Waals surface area contributed by atoms with Crippen molar-refractivity contribution in [1.29, 1.82) is 0 Å². The van der Waals surface area contributed by atoms with Crippen LogP contribution in [0.3, 0.4) is 0 Å². The van der Waals surface area contributed by atoms with Gasteiger partial charge in [0.2, 0.25) is 0 Å². The van der Waals surface area contributed by atoms with E-state index < -0.39 is 0 Å². The van der Waals surface area contributed by atoms with Crippen molar-refractivity contribution in [2.45, 2.75) is 25.7 Å². The third-order valence-corrected chi connectivity index (χ3v) is 3.84. The predicted octanol–water partition coefficient (Wildman–Crippen LogP) is 2.28. The van der Waals surface area contributed by atoms with E-state index in [9.17, 15) is 0 Å². The lowest BCUT2D eigenvalue weighted by molar-refractivity contribution is 0.654. The lowest BCUT2D eigenvalue weighted by Gasteiger charge is -2.14. The molecule has 0 saturated heterocycles. The summed E-state index contributed by atoms with van der Waals surface area (Å²) < 4.78 is 2.00. The van der Waals surface area contributed by atoms with Crippen molar-refractivity contribution in [3.63, 3.8) is 0 Å². The maximum atomic E-state index is 6.09. The SMILES string of the molecule is Nc1nc2ccccc2nc1-n1cnc2c1CCCC2. The third-order valence-electron chi connectivity index (χ3n) is 3.84. The summed E-state index contributed by atoms with van der Waals surface area (Å²) in [7, 11) is 0. The van der Waals surface area contributed by atoms with Gasteiger partial charge >= 0.3 is 0 Å². The average Bonchev–Trinajstić information content (AvgIpc) is 2.90. The first kappa shape index (κ1) is 11.4. The molecule has 5 nitrogen and oxygen atoms in total. The standard InChI is InChI=1S/C15H15N5/c16-14-15(19-11-6-2-1-5-10(11)18-14)20-9-17-12-7-3-4-8-13(12)20/h1-2,5-6,9H,3-4,7-8H2,(H2,16,18). The molecule has 2 heterocycles. The van der Waals surface area contributed by atoms with Gasteiger partial charge in [0.1, 0.15) is 6.33 Å². The molecule has 20 heavy (non-hydrogen) atoms. The molecule has 0 aliphatic heterocycles. The largest absolute Gasteiger partial charge is 0.381 e. The maximum absolute atomic E-state index is 6.09. The van der Waals surface area contributed by atoms with Crippen LogP contribution in [0.4, 0.5) is 5.82 Å². The number of imidazole rings is 1.